The Labute approximate surface area is 173 Å². The van der Waals surface area contributed by atoms with Gasteiger partial charge in [-0.25, -0.2) is 9.67 Å². The first kappa shape index (κ1) is 18.2. The molecule has 0 fully saturated rings. The van der Waals surface area contributed by atoms with Crippen LogP contribution in [0.4, 0.5) is 0 Å². The van der Waals surface area contributed by atoms with E-state index in [-0.39, 0.29) is 0 Å². The number of benzene rings is 1. The molecule has 1 aliphatic rings. The molecule has 0 unspecified atom stereocenters. The van der Waals surface area contributed by atoms with Gasteiger partial charge in [-0.05, 0) is 47.7 Å². The molecule has 3 heterocycles. The average molecular weight is 396 g/mol. The highest BCUT2D eigenvalue weighted by atomic mass is 16.4. The molecule has 1 aliphatic carbocycles. The molecule has 0 atom stereocenters. The second-order valence-electron chi connectivity index (χ2n) is 7.22. The molecular formula is C23H20N6O. The largest absolute Gasteiger partial charge is 0.411 e. The molecule has 5 rings (SSSR count). The van der Waals surface area contributed by atoms with Crippen LogP contribution in [0.2, 0.25) is 0 Å². The summed E-state index contributed by atoms with van der Waals surface area (Å²) in [6.07, 6.45) is 8.91. The second kappa shape index (κ2) is 7.53. The predicted molar refractivity (Wildman–Crippen MR) is 115 cm³/mol. The number of hydrogen-bond acceptors (Lipinski definition) is 6. The van der Waals surface area contributed by atoms with Gasteiger partial charge in [-0.3, -0.25) is 4.98 Å². The van der Waals surface area contributed by atoms with Crippen molar-refractivity contribution in [3.63, 3.8) is 0 Å². The van der Waals surface area contributed by atoms with E-state index in [1.807, 2.05) is 42.6 Å². The highest BCUT2D eigenvalue weighted by Crippen LogP contribution is 2.34. The van der Waals surface area contributed by atoms with Gasteiger partial charge in [0.1, 0.15) is 5.69 Å². The molecule has 0 amide bonds. The molecular weight excluding hydrogens is 376 g/mol. The molecule has 3 aromatic heterocycles. The normalized spacial score (nSPS) is 14.2. The topological polar surface area (TPSA) is 102 Å². The van der Waals surface area contributed by atoms with Crippen molar-refractivity contribution in [2.45, 2.75) is 19.4 Å². The first-order valence-corrected chi connectivity index (χ1v) is 9.77. The van der Waals surface area contributed by atoms with E-state index in [9.17, 15) is 5.21 Å². The summed E-state index contributed by atoms with van der Waals surface area (Å²) in [6, 6.07) is 14.0. The third-order valence-electron chi connectivity index (χ3n) is 5.43. The zero-order chi connectivity index (χ0) is 20.5. The summed E-state index contributed by atoms with van der Waals surface area (Å²) in [6.45, 7) is 0.453. The first-order chi connectivity index (χ1) is 14.8. The third-order valence-corrected chi connectivity index (χ3v) is 5.43. The Morgan fingerprint density at radius 2 is 1.87 bits per heavy atom. The van der Waals surface area contributed by atoms with Gasteiger partial charge in [-0.1, -0.05) is 29.4 Å². The fourth-order valence-corrected chi connectivity index (χ4v) is 3.84. The van der Waals surface area contributed by atoms with E-state index in [1.54, 1.807) is 23.3 Å². The lowest BCUT2D eigenvalue weighted by molar-refractivity contribution is 0.318. The maximum absolute atomic E-state index is 9.21. The molecule has 0 aliphatic heterocycles. The molecule has 0 saturated heterocycles. The van der Waals surface area contributed by atoms with Crippen molar-refractivity contribution in [3.8, 4) is 28.2 Å². The molecule has 3 N–H and O–H groups in total. The fourth-order valence-electron chi connectivity index (χ4n) is 3.84. The van der Waals surface area contributed by atoms with Crippen LogP contribution in [0, 0.1) is 0 Å². The van der Waals surface area contributed by atoms with Crippen molar-refractivity contribution < 1.29 is 5.21 Å². The second-order valence-corrected chi connectivity index (χ2v) is 7.22. The van der Waals surface area contributed by atoms with Crippen LogP contribution < -0.4 is 5.73 Å². The average Bonchev–Trinajstić information content (AvgIpc) is 3.44. The van der Waals surface area contributed by atoms with Crippen molar-refractivity contribution in [1.29, 1.82) is 0 Å². The van der Waals surface area contributed by atoms with Crippen molar-refractivity contribution in [2.24, 2.45) is 10.9 Å². The van der Waals surface area contributed by atoms with Crippen LogP contribution in [0.15, 0.2) is 72.4 Å². The van der Waals surface area contributed by atoms with Crippen LogP contribution in [0.3, 0.4) is 0 Å². The lowest BCUT2D eigenvalue weighted by atomic mass is 9.98. The fraction of sp³-hybridized carbons (Fsp3) is 0.130. The van der Waals surface area contributed by atoms with Crippen LogP contribution in [-0.2, 0) is 13.0 Å². The smallest absolute Gasteiger partial charge is 0.153 e. The van der Waals surface area contributed by atoms with Gasteiger partial charge < -0.3 is 10.9 Å². The van der Waals surface area contributed by atoms with Crippen LogP contribution in [0.25, 0.3) is 28.2 Å². The number of hydrogen-bond donors (Lipinski definition) is 2. The molecule has 4 aromatic rings. The first-order valence-electron chi connectivity index (χ1n) is 9.77. The minimum Gasteiger partial charge on any atom is -0.411 e. The van der Waals surface area contributed by atoms with E-state index in [1.165, 1.54) is 5.56 Å². The standard InChI is InChI=1S/C23H20N6O/c24-12-15-1-6-22(26-13-15)29-14-20(23(27-29)16-7-9-25-10-8-16)18-2-4-19-17(11-18)3-5-21(19)28-30/h1-2,4,6-11,13-14,30H,3,5,12,24H2/b28-21+. The van der Waals surface area contributed by atoms with Crippen molar-refractivity contribution in [3.05, 3.63) is 83.9 Å². The number of pyridine rings is 2. The highest BCUT2D eigenvalue weighted by molar-refractivity contribution is 6.04. The van der Waals surface area contributed by atoms with E-state index in [0.717, 1.165) is 57.9 Å². The van der Waals surface area contributed by atoms with Gasteiger partial charge >= 0.3 is 0 Å². The molecule has 0 spiro atoms. The molecule has 1 aromatic carbocycles. The summed E-state index contributed by atoms with van der Waals surface area (Å²) in [7, 11) is 0. The summed E-state index contributed by atoms with van der Waals surface area (Å²) in [5.74, 6) is 0.726. The Hall–Kier alpha value is -3.84. The van der Waals surface area contributed by atoms with Gasteiger partial charge in [0.2, 0.25) is 0 Å². The Bertz CT molecular complexity index is 1230. The SMILES string of the molecule is NCc1ccc(-n2cc(-c3ccc4c(c3)CC/C4=N\O)c(-c3ccncc3)n2)nc1. The molecule has 30 heavy (non-hydrogen) atoms. The van der Waals surface area contributed by atoms with Crippen molar-refractivity contribution in [1.82, 2.24) is 19.7 Å². The van der Waals surface area contributed by atoms with Crippen molar-refractivity contribution in [2.75, 3.05) is 0 Å². The van der Waals surface area contributed by atoms with Gasteiger partial charge in [0, 0.05) is 48.0 Å². The minimum atomic E-state index is 0.453. The van der Waals surface area contributed by atoms with Crippen LogP contribution in [0.5, 0.6) is 0 Å². The zero-order valence-electron chi connectivity index (χ0n) is 16.2. The predicted octanol–water partition coefficient (Wildman–Crippen LogP) is 3.58. The minimum absolute atomic E-state index is 0.453. The highest BCUT2D eigenvalue weighted by Gasteiger charge is 2.21. The van der Waals surface area contributed by atoms with Crippen LogP contribution in [0.1, 0.15) is 23.1 Å². The number of fused-ring (bicyclic) bond motifs is 1. The van der Waals surface area contributed by atoms with Gasteiger partial charge in [0.15, 0.2) is 5.82 Å². The third kappa shape index (κ3) is 3.15. The molecule has 0 saturated carbocycles. The Morgan fingerprint density at radius 3 is 2.60 bits per heavy atom. The number of nitrogens with two attached hydrogens (primary N) is 1. The molecule has 7 nitrogen and oxygen atoms in total. The lowest BCUT2D eigenvalue weighted by Gasteiger charge is -2.05. The maximum Gasteiger partial charge on any atom is 0.153 e. The Kier molecular flexibility index (Phi) is 4.57. The van der Waals surface area contributed by atoms with Crippen LogP contribution >= 0.6 is 0 Å². The Balaban J connectivity index is 1.64. The lowest BCUT2D eigenvalue weighted by Crippen LogP contribution is -2.01. The van der Waals surface area contributed by atoms with Gasteiger partial charge in [0.05, 0.1) is 5.71 Å². The zero-order valence-corrected chi connectivity index (χ0v) is 16.2. The van der Waals surface area contributed by atoms with Gasteiger partial charge in [0.25, 0.3) is 0 Å². The number of aryl methyl sites for hydroxylation is 1. The summed E-state index contributed by atoms with van der Waals surface area (Å²) in [5.41, 5.74) is 13.5. The number of nitrogens with zero attached hydrogens (tertiary/aromatic N) is 5. The van der Waals surface area contributed by atoms with E-state index in [0.29, 0.717) is 6.54 Å². The maximum atomic E-state index is 9.21. The molecule has 0 radical (unpaired) electrons. The number of rotatable bonds is 4. The molecule has 0 bridgehead atoms. The van der Waals surface area contributed by atoms with E-state index in [2.05, 4.69) is 21.2 Å². The summed E-state index contributed by atoms with van der Waals surface area (Å²) in [4.78, 5) is 8.63. The van der Waals surface area contributed by atoms with E-state index >= 15 is 0 Å². The van der Waals surface area contributed by atoms with Crippen LogP contribution in [-0.4, -0.2) is 30.7 Å². The van der Waals surface area contributed by atoms with E-state index in [4.69, 9.17) is 10.8 Å². The van der Waals surface area contributed by atoms with Crippen molar-refractivity contribution >= 4 is 5.71 Å². The summed E-state index contributed by atoms with van der Waals surface area (Å²) < 4.78 is 1.79. The number of aromatic nitrogens is 4. The van der Waals surface area contributed by atoms with Gasteiger partial charge in [-0.2, -0.15) is 5.10 Å². The monoisotopic (exact) mass is 396 g/mol. The van der Waals surface area contributed by atoms with E-state index < -0.39 is 0 Å². The molecule has 7 heteroatoms. The van der Waals surface area contributed by atoms with Gasteiger partial charge in [-0.15, -0.1) is 0 Å². The Morgan fingerprint density at radius 1 is 1.00 bits per heavy atom. The summed E-state index contributed by atoms with van der Waals surface area (Å²) in [5, 5.41) is 17.5. The molecule has 148 valence electrons. The summed E-state index contributed by atoms with van der Waals surface area (Å²) >= 11 is 0. The quantitative estimate of drug-likeness (QED) is 0.405. The number of oxime groups is 1.